The third kappa shape index (κ3) is 3.96. The van der Waals surface area contributed by atoms with Crippen molar-refractivity contribution in [1.29, 1.82) is 0 Å². The number of hydrogen-bond acceptors (Lipinski definition) is 5. The van der Waals surface area contributed by atoms with Crippen LogP contribution in [0.3, 0.4) is 0 Å². The van der Waals surface area contributed by atoms with Gasteiger partial charge in [0, 0.05) is 34.6 Å². The van der Waals surface area contributed by atoms with E-state index in [4.69, 9.17) is 9.47 Å². The Kier molecular flexibility index (Phi) is 6.41. The van der Waals surface area contributed by atoms with E-state index >= 15 is 0 Å². The number of methoxy groups -OCH3 is 2. The average molecular weight is 353 g/mol. The Morgan fingerprint density at radius 2 is 1.96 bits per heavy atom. The number of ether oxygens (including phenoxy) is 2. The molecule has 0 saturated heterocycles. The number of pyridine rings is 1. The van der Waals surface area contributed by atoms with Crippen molar-refractivity contribution in [2.24, 2.45) is 0 Å². The predicted octanol–water partition coefficient (Wildman–Crippen LogP) is 2.25. The van der Waals surface area contributed by atoms with Gasteiger partial charge in [-0.3, -0.25) is 9.97 Å². The molecule has 0 bridgehead atoms. The van der Waals surface area contributed by atoms with Gasteiger partial charge in [0.1, 0.15) is 11.5 Å². The summed E-state index contributed by atoms with van der Waals surface area (Å²) in [6.45, 7) is 3.86. The second kappa shape index (κ2) is 8.15. The van der Waals surface area contributed by atoms with Crippen LogP contribution in [0.1, 0.15) is 16.8 Å². The maximum atomic E-state index is 12.7. The summed E-state index contributed by atoms with van der Waals surface area (Å²) in [5.74, 6) is 1.78. The predicted molar refractivity (Wildman–Crippen MR) is 100 cm³/mol. The van der Waals surface area contributed by atoms with Crippen molar-refractivity contribution >= 4 is 41.1 Å². The Hall–Kier alpha value is -1.65. The first-order valence-corrected chi connectivity index (χ1v) is 8.76. The monoisotopic (exact) mass is 353 g/mol. The Morgan fingerprint density at radius 1 is 1.20 bits per heavy atom. The summed E-state index contributed by atoms with van der Waals surface area (Å²) in [7, 11) is 3.23. The van der Waals surface area contributed by atoms with E-state index in [-0.39, 0.29) is 24.6 Å². The van der Waals surface area contributed by atoms with Crippen molar-refractivity contribution in [2.75, 3.05) is 14.2 Å². The second-order valence-corrected chi connectivity index (χ2v) is 6.83. The van der Waals surface area contributed by atoms with Crippen LogP contribution in [0.4, 0.5) is 0 Å². The molecule has 6 nitrogen and oxygen atoms in total. The van der Waals surface area contributed by atoms with Gasteiger partial charge in [-0.05, 0) is 26.0 Å². The zero-order valence-electron chi connectivity index (χ0n) is 14.0. The van der Waals surface area contributed by atoms with Gasteiger partial charge in [0.25, 0.3) is 0 Å². The third-order valence-corrected chi connectivity index (χ3v) is 5.06. The first kappa shape index (κ1) is 19.7. The number of aryl methyl sites for hydroxylation is 1. The Labute approximate surface area is 161 Å². The van der Waals surface area contributed by atoms with E-state index in [2.05, 4.69) is 15.0 Å². The number of nitrogens with one attached hydrogen (secondary N) is 1. The van der Waals surface area contributed by atoms with E-state index in [9.17, 15) is 4.55 Å². The molecule has 0 aliphatic rings. The van der Waals surface area contributed by atoms with E-state index < -0.39 is 11.2 Å². The minimum atomic E-state index is -1.33. The summed E-state index contributed by atoms with van der Waals surface area (Å²) in [6, 6.07) is 5.51. The topological polar surface area (TPSA) is 83.1 Å². The van der Waals surface area contributed by atoms with Crippen LogP contribution in [0.15, 0.2) is 29.6 Å². The molecule has 0 spiro atoms. The molecule has 0 radical (unpaired) electrons. The van der Waals surface area contributed by atoms with Gasteiger partial charge < -0.3 is 14.0 Å². The molecular formula is C17H20LiN3O3S. The molecule has 1 aromatic carbocycles. The van der Waals surface area contributed by atoms with Gasteiger partial charge in [-0.1, -0.05) is 0 Å². The van der Waals surface area contributed by atoms with Crippen molar-refractivity contribution in [1.82, 2.24) is 15.0 Å². The molecule has 2 aromatic heterocycles. The number of aromatic nitrogens is 3. The molecule has 0 amide bonds. The molecule has 1 atom stereocenters. The zero-order valence-corrected chi connectivity index (χ0v) is 14.9. The number of imidazole rings is 1. The van der Waals surface area contributed by atoms with Gasteiger partial charge >= 0.3 is 24.0 Å². The number of H-pyrrole nitrogens is 1. The van der Waals surface area contributed by atoms with Crippen molar-refractivity contribution in [3.63, 3.8) is 0 Å². The van der Waals surface area contributed by atoms with E-state index in [1.807, 2.05) is 32.0 Å². The SMILES string of the molecule is COc1ccc2[nH]c([S+]([O-])Cc3ncc(C)c(OC)c3C)nc2c1.[LiH]. The summed E-state index contributed by atoms with van der Waals surface area (Å²) in [6.07, 6.45) is 1.74. The van der Waals surface area contributed by atoms with Gasteiger partial charge in [0.05, 0.1) is 30.9 Å². The van der Waals surface area contributed by atoms with E-state index in [0.717, 1.165) is 33.6 Å². The number of rotatable bonds is 5. The van der Waals surface area contributed by atoms with Crippen LogP contribution in [0.25, 0.3) is 11.0 Å². The molecule has 2 heterocycles. The molecule has 3 aromatic rings. The third-order valence-electron chi connectivity index (χ3n) is 3.90. The molecule has 1 N–H and O–H groups in total. The number of hydrogen-bond donors (Lipinski definition) is 1. The van der Waals surface area contributed by atoms with Crippen LogP contribution in [-0.4, -0.2) is 52.6 Å². The van der Waals surface area contributed by atoms with Gasteiger partial charge in [0.2, 0.25) is 0 Å². The molecule has 128 valence electrons. The zero-order chi connectivity index (χ0) is 17.3. The molecule has 0 aliphatic carbocycles. The summed E-state index contributed by atoms with van der Waals surface area (Å²) in [5.41, 5.74) is 4.16. The molecule has 3 rings (SSSR count). The maximum absolute atomic E-state index is 12.7. The van der Waals surface area contributed by atoms with Gasteiger partial charge in [-0.2, -0.15) is 4.98 Å². The number of fused-ring (bicyclic) bond motifs is 1. The summed E-state index contributed by atoms with van der Waals surface area (Å²) in [4.78, 5) is 11.9. The fourth-order valence-corrected chi connectivity index (χ4v) is 3.71. The van der Waals surface area contributed by atoms with Crippen LogP contribution < -0.4 is 9.47 Å². The van der Waals surface area contributed by atoms with Crippen molar-refractivity contribution < 1.29 is 14.0 Å². The summed E-state index contributed by atoms with van der Waals surface area (Å²) in [5, 5.41) is 0.430. The fourth-order valence-electron chi connectivity index (χ4n) is 2.61. The second-order valence-electron chi connectivity index (χ2n) is 5.46. The van der Waals surface area contributed by atoms with Gasteiger partial charge in [-0.15, -0.1) is 0 Å². The fraction of sp³-hybridized carbons (Fsp3) is 0.294. The standard InChI is InChI=1S/C17H19N3O3S.Li.H/c1-10-8-18-15(11(2)16(10)23-4)9-24(21)17-19-13-6-5-12(22-3)7-14(13)20-17;;/h5-8H,9H2,1-4H3,(H,19,20);;. The Morgan fingerprint density at radius 3 is 2.64 bits per heavy atom. The molecular weight excluding hydrogens is 333 g/mol. The van der Waals surface area contributed by atoms with Crippen molar-refractivity contribution in [3.8, 4) is 11.5 Å². The van der Waals surface area contributed by atoms with Crippen molar-refractivity contribution in [2.45, 2.75) is 24.8 Å². The molecule has 0 aliphatic heterocycles. The van der Waals surface area contributed by atoms with Gasteiger partial charge in [0.15, 0.2) is 5.75 Å². The van der Waals surface area contributed by atoms with Crippen LogP contribution in [0.5, 0.6) is 11.5 Å². The molecule has 1 unspecified atom stereocenters. The molecule has 0 saturated carbocycles. The van der Waals surface area contributed by atoms with Crippen molar-refractivity contribution in [3.05, 3.63) is 41.2 Å². The number of nitrogens with zero attached hydrogens (tertiary/aromatic N) is 2. The Balaban J connectivity index is 0.00000225. The van der Waals surface area contributed by atoms with E-state index in [1.165, 1.54) is 0 Å². The molecule has 0 fully saturated rings. The normalized spacial score (nSPS) is 11.9. The first-order chi connectivity index (χ1) is 11.5. The van der Waals surface area contributed by atoms with E-state index in [0.29, 0.717) is 10.9 Å². The summed E-state index contributed by atoms with van der Waals surface area (Å²) < 4.78 is 23.3. The molecule has 8 heteroatoms. The minimum absolute atomic E-state index is 0. The van der Waals surface area contributed by atoms with Crippen LogP contribution >= 0.6 is 0 Å². The first-order valence-electron chi connectivity index (χ1n) is 7.44. The average Bonchev–Trinajstić information content (AvgIpc) is 3.01. The van der Waals surface area contributed by atoms with Crippen LogP contribution in [0.2, 0.25) is 0 Å². The van der Waals surface area contributed by atoms with Crippen LogP contribution in [0, 0.1) is 13.8 Å². The number of aromatic amines is 1. The molecule has 25 heavy (non-hydrogen) atoms. The Bertz CT molecular complexity index is 885. The van der Waals surface area contributed by atoms with Crippen LogP contribution in [-0.2, 0) is 16.9 Å². The van der Waals surface area contributed by atoms with E-state index in [1.54, 1.807) is 20.4 Å². The number of benzene rings is 1. The quantitative estimate of drug-likeness (QED) is 0.562. The summed E-state index contributed by atoms with van der Waals surface area (Å²) >= 11 is -1.33. The van der Waals surface area contributed by atoms with Gasteiger partial charge in [-0.25, -0.2) is 0 Å².